The van der Waals surface area contributed by atoms with Crippen molar-refractivity contribution >= 4 is 17.6 Å². The van der Waals surface area contributed by atoms with Gasteiger partial charge in [0.05, 0.1) is 5.92 Å². The Morgan fingerprint density at radius 1 is 1.43 bits per heavy atom. The third-order valence-electron chi connectivity index (χ3n) is 3.42. The Labute approximate surface area is 127 Å². The van der Waals surface area contributed by atoms with E-state index in [1.807, 2.05) is 12.1 Å². The SMILES string of the molecule is Cc1noc(C2CN(C(=O)NCc3ccc(Cl)cc3)C2)n1. The minimum atomic E-state index is -0.0857. The van der Waals surface area contributed by atoms with Crippen LogP contribution in [0.4, 0.5) is 4.79 Å². The third kappa shape index (κ3) is 3.16. The summed E-state index contributed by atoms with van der Waals surface area (Å²) in [5.74, 6) is 1.37. The first-order valence-electron chi connectivity index (χ1n) is 6.69. The Balaban J connectivity index is 1.46. The zero-order valence-corrected chi connectivity index (χ0v) is 12.3. The van der Waals surface area contributed by atoms with Crippen molar-refractivity contribution < 1.29 is 9.32 Å². The molecule has 1 aliphatic heterocycles. The Morgan fingerprint density at radius 3 is 2.76 bits per heavy atom. The van der Waals surface area contributed by atoms with Gasteiger partial charge in [0.15, 0.2) is 5.82 Å². The van der Waals surface area contributed by atoms with Crippen LogP contribution in [0, 0.1) is 6.92 Å². The van der Waals surface area contributed by atoms with Crippen LogP contribution in [-0.4, -0.2) is 34.2 Å². The van der Waals surface area contributed by atoms with Gasteiger partial charge in [-0.2, -0.15) is 4.98 Å². The summed E-state index contributed by atoms with van der Waals surface area (Å²) in [6.45, 7) is 3.47. The standard InChI is InChI=1S/C14H15ClN4O2/c1-9-17-13(21-18-9)11-7-19(8-11)14(20)16-6-10-2-4-12(15)5-3-10/h2-5,11H,6-8H2,1H3,(H,16,20). The predicted molar refractivity (Wildman–Crippen MR) is 77.0 cm³/mol. The largest absolute Gasteiger partial charge is 0.339 e. The average Bonchev–Trinajstić information content (AvgIpc) is 2.83. The smallest absolute Gasteiger partial charge is 0.317 e. The van der Waals surface area contributed by atoms with Crippen LogP contribution in [0.25, 0.3) is 0 Å². The second-order valence-corrected chi connectivity index (χ2v) is 5.50. The summed E-state index contributed by atoms with van der Waals surface area (Å²) < 4.78 is 5.10. The van der Waals surface area contributed by atoms with Crippen LogP contribution in [-0.2, 0) is 6.54 Å². The van der Waals surface area contributed by atoms with Crippen molar-refractivity contribution in [2.75, 3.05) is 13.1 Å². The van der Waals surface area contributed by atoms with Gasteiger partial charge in [-0.25, -0.2) is 4.79 Å². The van der Waals surface area contributed by atoms with Crippen molar-refractivity contribution in [2.24, 2.45) is 0 Å². The van der Waals surface area contributed by atoms with Gasteiger partial charge in [-0.3, -0.25) is 0 Å². The molecule has 7 heteroatoms. The second-order valence-electron chi connectivity index (χ2n) is 5.07. The third-order valence-corrected chi connectivity index (χ3v) is 3.67. The van der Waals surface area contributed by atoms with E-state index in [2.05, 4.69) is 15.5 Å². The van der Waals surface area contributed by atoms with E-state index < -0.39 is 0 Å². The van der Waals surface area contributed by atoms with Crippen LogP contribution >= 0.6 is 11.6 Å². The highest BCUT2D eigenvalue weighted by Gasteiger charge is 2.35. The molecule has 0 aliphatic carbocycles. The summed E-state index contributed by atoms with van der Waals surface area (Å²) in [5.41, 5.74) is 1.01. The number of likely N-dealkylation sites (tertiary alicyclic amines) is 1. The van der Waals surface area contributed by atoms with Gasteiger partial charge >= 0.3 is 6.03 Å². The van der Waals surface area contributed by atoms with Gasteiger partial charge in [-0.05, 0) is 24.6 Å². The summed E-state index contributed by atoms with van der Waals surface area (Å²) in [7, 11) is 0. The van der Waals surface area contributed by atoms with Crippen LogP contribution in [0.2, 0.25) is 5.02 Å². The van der Waals surface area contributed by atoms with E-state index in [0.29, 0.717) is 36.4 Å². The summed E-state index contributed by atoms with van der Waals surface area (Å²) in [4.78, 5) is 17.9. The van der Waals surface area contributed by atoms with Crippen molar-refractivity contribution in [1.29, 1.82) is 0 Å². The highest BCUT2D eigenvalue weighted by molar-refractivity contribution is 6.30. The van der Waals surface area contributed by atoms with E-state index in [-0.39, 0.29) is 11.9 Å². The molecular weight excluding hydrogens is 292 g/mol. The molecule has 21 heavy (non-hydrogen) atoms. The molecule has 1 saturated heterocycles. The molecule has 2 aromatic rings. The lowest BCUT2D eigenvalue weighted by atomic mass is 10.0. The Kier molecular flexibility index (Phi) is 3.79. The van der Waals surface area contributed by atoms with Crippen molar-refractivity contribution in [3.63, 3.8) is 0 Å². The van der Waals surface area contributed by atoms with Gasteiger partial charge < -0.3 is 14.7 Å². The molecule has 1 aromatic carbocycles. The maximum Gasteiger partial charge on any atom is 0.317 e. The van der Waals surface area contributed by atoms with Crippen LogP contribution < -0.4 is 5.32 Å². The van der Waals surface area contributed by atoms with Crippen LogP contribution in [0.5, 0.6) is 0 Å². The molecule has 0 saturated carbocycles. The zero-order valence-electron chi connectivity index (χ0n) is 11.5. The molecule has 2 amide bonds. The number of hydrogen-bond acceptors (Lipinski definition) is 4. The number of aromatic nitrogens is 2. The van der Waals surface area contributed by atoms with Crippen molar-refractivity contribution in [3.05, 3.63) is 46.6 Å². The van der Waals surface area contributed by atoms with Crippen molar-refractivity contribution in [1.82, 2.24) is 20.4 Å². The first kappa shape index (κ1) is 13.9. The normalized spacial score (nSPS) is 14.9. The maximum atomic E-state index is 12.0. The average molecular weight is 307 g/mol. The van der Waals surface area contributed by atoms with Crippen molar-refractivity contribution in [2.45, 2.75) is 19.4 Å². The quantitative estimate of drug-likeness (QED) is 0.945. The lowest BCUT2D eigenvalue weighted by Gasteiger charge is -2.36. The molecule has 1 N–H and O–H groups in total. The number of urea groups is 1. The Bertz CT molecular complexity index is 635. The lowest BCUT2D eigenvalue weighted by molar-refractivity contribution is 0.136. The van der Waals surface area contributed by atoms with E-state index in [0.717, 1.165) is 5.56 Å². The predicted octanol–water partition coefficient (Wildman–Crippen LogP) is 2.34. The molecule has 2 heterocycles. The van der Waals surface area contributed by atoms with Crippen molar-refractivity contribution in [3.8, 4) is 0 Å². The topological polar surface area (TPSA) is 71.3 Å². The number of amides is 2. The lowest BCUT2D eigenvalue weighted by Crippen LogP contribution is -2.52. The number of hydrogen-bond donors (Lipinski definition) is 1. The molecule has 1 aliphatic rings. The fourth-order valence-electron chi connectivity index (χ4n) is 2.17. The number of rotatable bonds is 3. The second kappa shape index (κ2) is 5.73. The van der Waals surface area contributed by atoms with Gasteiger partial charge in [0, 0.05) is 24.7 Å². The molecule has 0 radical (unpaired) electrons. The van der Waals surface area contributed by atoms with Crippen LogP contribution in [0.1, 0.15) is 23.2 Å². The number of nitrogens with one attached hydrogen (secondary N) is 1. The Hall–Kier alpha value is -2.08. The number of carbonyl (C=O) groups is 1. The van der Waals surface area contributed by atoms with E-state index >= 15 is 0 Å². The van der Waals surface area contributed by atoms with E-state index in [1.165, 1.54) is 0 Å². The number of halogens is 1. The molecule has 3 rings (SSSR count). The molecule has 6 nitrogen and oxygen atoms in total. The minimum absolute atomic E-state index is 0.0857. The molecule has 1 fully saturated rings. The minimum Gasteiger partial charge on any atom is -0.339 e. The zero-order chi connectivity index (χ0) is 14.8. The summed E-state index contributed by atoms with van der Waals surface area (Å²) in [6, 6.07) is 7.31. The highest BCUT2D eigenvalue weighted by Crippen LogP contribution is 2.25. The maximum absolute atomic E-state index is 12.0. The summed E-state index contributed by atoms with van der Waals surface area (Å²) in [5, 5.41) is 7.32. The van der Waals surface area contributed by atoms with E-state index in [9.17, 15) is 4.79 Å². The van der Waals surface area contributed by atoms with Gasteiger partial charge in [0.2, 0.25) is 5.89 Å². The van der Waals surface area contributed by atoms with Gasteiger partial charge in [-0.1, -0.05) is 28.9 Å². The highest BCUT2D eigenvalue weighted by atomic mass is 35.5. The first-order valence-corrected chi connectivity index (χ1v) is 7.07. The first-order chi connectivity index (χ1) is 10.1. The number of aryl methyl sites for hydroxylation is 1. The Morgan fingerprint density at radius 2 is 2.14 bits per heavy atom. The number of benzene rings is 1. The van der Waals surface area contributed by atoms with E-state index in [1.54, 1.807) is 24.0 Å². The summed E-state index contributed by atoms with van der Waals surface area (Å²) >= 11 is 5.82. The molecule has 0 spiro atoms. The monoisotopic (exact) mass is 306 g/mol. The molecular formula is C14H15ClN4O2. The van der Waals surface area contributed by atoms with E-state index in [4.69, 9.17) is 16.1 Å². The molecule has 110 valence electrons. The molecule has 0 bridgehead atoms. The van der Waals surface area contributed by atoms with Gasteiger partial charge in [0.1, 0.15) is 0 Å². The van der Waals surface area contributed by atoms with Crippen LogP contribution in [0.15, 0.2) is 28.8 Å². The molecule has 0 unspecified atom stereocenters. The number of carbonyl (C=O) groups excluding carboxylic acids is 1. The van der Waals surface area contributed by atoms with Gasteiger partial charge in [0.25, 0.3) is 0 Å². The number of nitrogens with zero attached hydrogens (tertiary/aromatic N) is 3. The van der Waals surface area contributed by atoms with Gasteiger partial charge in [-0.15, -0.1) is 0 Å². The fraction of sp³-hybridized carbons (Fsp3) is 0.357. The fourth-order valence-corrected chi connectivity index (χ4v) is 2.30. The van der Waals surface area contributed by atoms with Crippen LogP contribution in [0.3, 0.4) is 0 Å². The molecule has 0 atom stereocenters. The molecule has 1 aromatic heterocycles. The summed E-state index contributed by atoms with van der Waals surface area (Å²) in [6.07, 6.45) is 0.